The Hall–Kier alpha value is -4.02. The molecule has 184 valence electrons. The van der Waals surface area contributed by atoms with Crippen LogP contribution >= 0.6 is 22.9 Å². The fraction of sp³-hybridized carbons (Fsp3) is 0.160. The van der Waals surface area contributed by atoms with E-state index in [4.69, 9.17) is 16.3 Å². The van der Waals surface area contributed by atoms with Crippen molar-refractivity contribution >= 4 is 63.1 Å². The number of carbonyl (C=O) groups excluding carboxylic acids is 4. The summed E-state index contributed by atoms with van der Waals surface area (Å²) in [6, 6.07) is 12.5. The van der Waals surface area contributed by atoms with Crippen molar-refractivity contribution in [2.24, 2.45) is 0 Å². The molecule has 11 heteroatoms. The maximum absolute atomic E-state index is 13.3. The minimum atomic E-state index is -0.782. The van der Waals surface area contributed by atoms with Crippen LogP contribution < -0.4 is 15.5 Å². The number of nitrogens with one attached hydrogen (secondary N) is 2. The number of unbranched alkanes of at least 4 members (excludes halogenated alkanes) is 1. The first-order valence-electron chi connectivity index (χ1n) is 11.0. The molecule has 9 nitrogen and oxygen atoms in total. The predicted octanol–water partition coefficient (Wildman–Crippen LogP) is 4.79. The van der Waals surface area contributed by atoms with Gasteiger partial charge in [0.05, 0.1) is 17.9 Å². The van der Waals surface area contributed by atoms with Crippen LogP contribution in [-0.4, -0.2) is 35.3 Å². The Bertz CT molecular complexity index is 1360. The molecule has 3 aromatic rings. The number of amides is 3. The van der Waals surface area contributed by atoms with Crippen molar-refractivity contribution in [3.05, 3.63) is 82.0 Å². The molecule has 2 N–H and O–H groups in total. The lowest BCUT2D eigenvalue weighted by molar-refractivity contribution is -0.120. The van der Waals surface area contributed by atoms with E-state index in [9.17, 15) is 19.2 Å². The smallest absolute Gasteiger partial charge is 0.340 e. The van der Waals surface area contributed by atoms with Crippen LogP contribution in [-0.2, 0) is 14.3 Å². The van der Waals surface area contributed by atoms with E-state index in [1.807, 2.05) is 6.92 Å². The summed E-state index contributed by atoms with van der Waals surface area (Å²) in [7, 11) is 0. The first kappa shape index (κ1) is 25.1. The van der Waals surface area contributed by atoms with E-state index in [0.29, 0.717) is 22.8 Å². The molecule has 1 aliphatic rings. The molecule has 3 amide bonds. The van der Waals surface area contributed by atoms with E-state index < -0.39 is 17.8 Å². The lowest BCUT2D eigenvalue weighted by Crippen LogP contribution is -2.33. The summed E-state index contributed by atoms with van der Waals surface area (Å²) in [5.41, 5.74) is 0.640. The second-order valence-electron chi connectivity index (χ2n) is 7.64. The van der Waals surface area contributed by atoms with E-state index in [0.717, 1.165) is 11.3 Å². The van der Waals surface area contributed by atoms with Gasteiger partial charge in [-0.3, -0.25) is 19.7 Å². The van der Waals surface area contributed by atoms with Crippen molar-refractivity contribution in [1.29, 1.82) is 0 Å². The molecule has 1 aromatic heterocycles. The molecular weight excluding hydrogens is 504 g/mol. The van der Waals surface area contributed by atoms with Crippen LogP contribution in [0.25, 0.3) is 0 Å². The van der Waals surface area contributed by atoms with Crippen molar-refractivity contribution < 1.29 is 23.9 Å². The molecule has 4 rings (SSSR count). The highest BCUT2D eigenvalue weighted by atomic mass is 35.5. The van der Waals surface area contributed by atoms with Gasteiger partial charge in [-0.15, -0.1) is 11.3 Å². The van der Waals surface area contributed by atoms with Crippen molar-refractivity contribution in [2.75, 3.05) is 22.1 Å². The summed E-state index contributed by atoms with van der Waals surface area (Å²) in [6.07, 6.45) is 3.11. The number of hydrogen-bond acceptors (Lipinski definition) is 8. The van der Waals surface area contributed by atoms with Crippen molar-refractivity contribution in [3.63, 3.8) is 0 Å². The van der Waals surface area contributed by atoms with E-state index in [-0.39, 0.29) is 34.5 Å². The van der Waals surface area contributed by atoms with E-state index >= 15 is 0 Å². The van der Waals surface area contributed by atoms with Crippen LogP contribution in [0.2, 0.25) is 0 Å². The second kappa shape index (κ2) is 11.1. The number of anilines is 3. The number of carbonyl (C=O) groups is 4. The number of nitrogens with zero attached hydrogens (tertiary/aromatic N) is 2. The van der Waals surface area contributed by atoms with Gasteiger partial charge in [-0.05, 0) is 36.8 Å². The number of para-hydroxylation sites is 1. The van der Waals surface area contributed by atoms with Gasteiger partial charge >= 0.3 is 5.97 Å². The SMILES string of the molecule is CCCCOC(=O)c1ccccc1N1C(=O)C(Cl)=C(Nc2cccc(C(=O)Nc3nccs3)c2)C1=O. The van der Waals surface area contributed by atoms with Crippen LogP contribution in [0.5, 0.6) is 0 Å². The summed E-state index contributed by atoms with van der Waals surface area (Å²) in [4.78, 5) is 56.2. The molecule has 0 saturated carbocycles. The van der Waals surface area contributed by atoms with Crippen LogP contribution in [0, 0.1) is 0 Å². The van der Waals surface area contributed by atoms with Gasteiger partial charge < -0.3 is 10.1 Å². The number of halogens is 1. The molecule has 0 aliphatic carbocycles. The molecule has 0 bridgehead atoms. The lowest BCUT2D eigenvalue weighted by atomic mass is 10.1. The zero-order valence-corrected chi connectivity index (χ0v) is 20.7. The normalized spacial score (nSPS) is 13.2. The van der Waals surface area contributed by atoms with Crippen LogP contribution in [0.1, 0.15) is 40.5 Å². The number of rotatable bonds is 9. The van der Waals surface area contributed by atoms with E-state index in [1.165, 1.54) is 29.5 Å². The standard InChI is InChI=1S/C25H21ClN4O5S/c1-2-3-12-35-24(34)17-9-4-5-10-18(17)30-22(32)19(26)20(23(30)33)28-16-8-6-7-15(14-16)21(31)29-25-27-11-13-36-25/h4-11,13-14,28H,2-3,12H2,1H3,(H,27,29,31). The third-order valence-corrected chi connectivity index (χ3v) is 6.21. The van der Waals surface area contributed by atoms with Gasteiger partial charge in [0.25, 0.3) is 17.7 Å². The number of thiazole rings is 1. The summed E-state index contributed by atoms with van der Waals surface area (Å²) >= 11 is 7.53. The fourth-order valence-electron chi connectivity index (χ4n) is 3.40. The Labute approximate surface area is 215 Å². The van der Waals surface area contributed by atoms with Crippen LogP contribution in [0.3, 0.4) is 0 Å². The minimum absolute atomic E-state index is 0.0699. The molecule has 2 aromatic carbocycles. The van der Waals surface area contributed by atoms with Gasteiger partial charge in [-0.1, -0.05) is 43.1 Å². The van der Waals surface area contributed by atoms with Crippen LogP contribution in [0.4, 0.5) is 16.5 Å². The summed E-state index contributed by atoms with van der Waals surface area (Å²) in [5, 5.41) is 7.36. The fourth-order valence-corrected chi connectivity index (χ4v) is 4.13. The second-order valence-corrected chi connectivity index (χ2v) is 8.91. The molecule has 0 saturated heterocycles. The molecule has 0 radical (unpaired) electrons. The molecule has 2 heterocycles. The highest BCUT2D eigenvalue weighted by Gasteiger charge is 2.40. The van der Waals surface area contributed by atoms with Gasteiger partial charge in [-0.25, -0.2) is 14.7 Å². The lowest BCUT2D eigenvalue weighted by Gasteiger charge is -2.18. The van der Waals surface area contributed by atoms with Gasteiger partial charge in [0.15, 0.2) is 5.13 Å². The zero-order chi connectivity index (χ0) is 25.7. The minimum Gasteiger partial charge on any atom is -0.462 e. The Morgan fingerprint density at radius 1 is 1.11 bits per heavy atom. The number of benzene rings is 2. The Morgan fingerprint density at radius 2 is 1.92 bits per heavy atom. The quantitative estimate of drug-likeness (QED) is 0.235. The monoisotopic (exact) mass is 524 g/mol. The van der Waals surface area contributed by atoms with Crippen molar-refractivity contribution in [3.8, 4) is 0 Å². The first-order chi connectivity index (χ1) is 17.4. The van der Waals surface area contributed by atoms with Gasteiger partial charge in [-0.2, -0.15) is 0 Å². The largest absolute Gasteiger partial charge is 0.462 e. The van der Waals surface area contributed by atoms with Gasteiger partial charge in [0, 0.05) is 22.8 Å². The summed E-state index contributed by atoms with van der Waals surface area (Å²) in [5.74, 6) is -2.55. The highest BCUT2D eigenvalue weighted by molar-refractivity contribution is 7.13. The topological polar surface area (TPSA) is 118 Å². The molecule has 0 fully saturated rings. The number of imide groups is 1. The predicted molar refractivity (Wildman–Crippen MR) is 137 cm³/mol. The third kappa shape index (κ3) is 5.29. The van der Waals surface area contributed by atoms with Gasteiger partial charge in [0.2, 0.25) is 0 Å². The molecular formula is C25H21ClN4O5S. The molecule has 1 aliphatic heterocycles. The molecule has 36 heavy (non-hydrogen) atoms. The number of esters is 1. The van der Waals surface area contributed by atoms with Gasteiger partial charge in [0.1, 0.15) is 10.7 Å². The maximum atomic E-state index is 13.3. The Kier molecular flexibility index (Phi) is 7.77. The van der Waals surface area contributed by atoms with E-state index in [2.05, 4.69) is 15.6 Å². The number of aromatic nitrogens is 1. The average molecular weight is 525 g/mol. The third-order valence-electron chi connectivity index (χ3n) is 5.17. The van der Waals surface area contributed by atoms with Crippen molar-refractivity contribution in [1.82, 2.24) is 4.98 Å². The molecule has 0 spiro atoms. The summed E-state index contributed by atoms with van der Waals surface area (Å²) < 4.78 is 5.27. The first-order valence-corrected chi connectivity index (χ1v) is 12.3. The van der Waals surface area contributed by atoms with E-state index in [1.54, 1.807) is 41.9 Å². The number of ether oxygens (including phenoxy) is 1. The zero-order valence-electron chi connectivity index (χ0n) is 19.1. The summed E-state index contributed by atoms with van der Waals surface area (Å²) in [6.45, 7) is 2.19. The van der Waals surface area contributed by atoms with Crippen molar-refractivity contribution in [2.45, 2.75) is 19.8 Å². The highest BCUT2D eigenvalue weighted by Crippen LogP contribution is 2.32. The Morgan fingerprint density at radius 3 is 2.67 bits per heavy atom. The average Bonchev–Trinajstić information content (AvgIpc) is 3.47. The number of hydrogen-bond donors (Lipinski definition) is 2. The Balaban J connectivity index is 1.55. The molecule has 0 unspecified atom stereocenters. The van der Waals surface area contributed by atoms with Crippen LogP contribution in [0.15, 0.2) is 70.8 Å². The molecule has 0 atom stereocenters. The maximum Gasteiger partial charge on any atom is 0.340 e.